The zero-order valence-corrected chi connectivity index (χ0v) is 16.6. The summed E-state index contributed by atoms with van der Waals surface area (Å²) in [6.45, 7) is 3.13. The molecule has 0 amide bonds. The quantitative estimate of drug-likeness (QED) is 0.396. The van der Waals surface area contributed by atoms with Gasteiger partial charge in [0, 0.05) is 6.54 Å². The Kier molecular flexibility index (Phi) is 10.9. The van der Waals surface area contributed by atoms with Crippen molar-refractivity contribution in [3.8, 4) is 0 Å². The molecule has 5 nitrogen and oxygen atoms in total. The first-order valence-corrected chi connectivity index (χ1v) is 10.8. The highest BCUT2D eigenvalue weighted by atomic mass is 15.2. The van der Waals surface area contributed by atoms with Gasteiger partial charge in [-0.3, -0.25) is 9.98 Å². The molecule has 0 aromatic carbocycles. The smallest absolute Gasteiger partial charge is 0.168 e. The van der Waals surface area contributed by atoms with Gasteiger partial charge in [-0.25, -0.2) is 9.98 Å². The van der Waals surface area contributed by atoms with Gasteiger partial charge in [-0.05, 0) is 6.42 Å². The van der Waals surface area contributed by atoms with Crippen LogP contribution >= 0.6 is 0 Å². The van der Waals surface area contributed by atoms with Crippen LogP contribution in [0.1, 0.15) is 96.8 Å². The highest BCUT2D eigenvalue weighted by molar-refractivity contribution is 6.21. The van der Waals surface area contributed by atoms with Crippen molar-refractivity contribution in [1.29, 1.82) is 0 Å². The van der Waals surface area contributed by atoms with Gasteiger partial charge in [-0.15, -0.1) is 0 Å². The summed E-state index contributed by atoms with van der Waals surface area (Å²) in [7, 11) is 0. The SMILES string of the molecule is CCCCCCCCCCCCCCCCN=C1N=CNC2=NC=NC12. The van der Waals surface area contributed by atoms with E-state index in [4.69, 9.17) is 0 Å². The second kappa shape index (κ2) is 13.7. The molecule has 2 aliphatic heterocycles. The van der Waals surface area contributed by atoms with Crippen LogP contribution in [-0.4, -0.2) is 36.9 Å². The third-order valence-electron chi connectivity index (χ3n) is 5.11. The van der Waals surface area contributed by atoms with Gasteiger partial charge < -0.3 is 5.32 Å². The van der Waals surface area contributed by atoms with Gasteiger partial charge >= 0.3 is 0 Å². The van der Waals surface area contributed by atoms with E-state index >= 15 is 0 Å². The second-order valence-electron chi connectivity index (χ2n) is 7.42. The van der Waals surface area contributed by atoms with Crippen molar-refractivity contribution in [2.24, 2.45) is 20.0 Å². The van der Waals surface area contributed by atoms with Crippen molar-refractivity contribution >= 4 is 24.3 Å². The van der Waals surface area contributed by atoms with E-state index in [1.807, 2.05) is 0 Å². The molecule has 0 aliphatic carbocycles. The van der Waals surface area contributed by atoms with Gasteiger partial charge in [0.05, 0.1) is 6.34 Å². The van der Waals surface area contributed by atoms with Crippen molar-refractivity contribution < 1.29 is 0 Å². The van der Waals surface area contributed by atoms with Crippen LogP contribution < -0.4 is 5.32 Å². The van der Waals surface area contributed by atoms with Crippen LogP contribution in [0.4, 0.5) is 0 Å². The number of rotatable bonds is 15. The van der Waals surface area contributed by atoms with Gasteiger partial charge in [-0.2, -0.15) is 0 Å². The number of nitrogens with zero attached hydrogens (tertiary/aromatic N) is 4. The van der Waals surface area contributed by atoms with Gasteiger partial charge in [0.1, 0.15) is 12.2 Å². The summed E-state index contributed by atoms with van der Waals surface area (Å²) in [4.78, 5) is 17.4. The fourth-order valence-electron chi connectivity index (χ4n) is 3.47. The van der Waals surface area contributed by atoms with Crippen molar-refractivity contribution in [3.05, 3.63) is 0 Å². The van der Waals surface area contributed by atoms with Crippen molar-refractivity contribution in [1.82, 2.24) is 5.32 Å². The predicted octanol–water partition coefficient (Wildman–Crippen LogP) is 5.31. The Bertz CT molecular complexity index is 493. The monoisotopic (exact) mass is 359 g/mol. The maximum absolute atomic E-state index is 4.60. The van der Waals surface area contributed by atoms with Crippen LogP contribution in [0.25, 0.3) is 0 Å². The second-order valence-corrected chi connectivity index (χ2v) is 7.42. The first kappa shape index (κ1) is 20.8. The maximum atomic E-state index is 4.60. The largest absolute Gasteiger partial charge is 0.332 e. The fraction of sp³-hybridized carbons (Fsp3) is 0.810. The number of hydrogen-bond acceptors (Lipinski definition) is 4. The Balaban J connectivity index is 1.36. The standard InChI is InChI=1S/C21H37N5/c1-2-3-4-5-6-7-8-9-10-11-12-13-14-15-16-22-20-19-21(24-17-23-19)26-18-25-20/h17-19H,2-16H2,1H3,(H,22,23,24,25,26). The summed E-state index contributed by atoms with van der Waals surface area (Å²) < 4.78 is 0. The van der Waals surface area contributed by atoms with Gasteiger partial charge in [0.25, 0.3) is 0 Å². The first-order chi connectivity index (χ1) is 12.9. The molecule has 2 aliphatic rings. The van der Waals surface area contributed by atoms with Crippen LogP contribution in [0.5, 0.6) is 0 Å². The van der Waals surface area contributed by atoms with E-state index in [1.165, 1.54) is 83.5 Å². The van der Waals surface area contributed by atoms with Crippen LogP contribution in [0, 0.1) is 0 Å². The Morgan fingerprint density at radius 1 is 0.846 bits per heavy atom. The average Bonchev–Trinajstić information content (AvgIpc) is 3.14. The minimum Gasteiger partial charge on any atom is -0.332 e. The van der Waals surface area contributed by atoms with E-state index in [0.717, 1.165) is 24.6 Å². The molecule has 5 heteroatoms. The lowest BCUT2D eigenvalue weighted by molar-refractivity contribution is 0.536. The highest BCUT2D eigenvalue weighted by Gasteiger charge is 2.25. The van der Waals surface area contributed by atoms with E-state index in [2.05, 4.69) is 32.2 Å². The number of aliphatic imine (C=N–C) groups is 4. The Morgan fingerprint density at radius 3 is 2.04 bits per heavy atom. The van der Waals surface area contributed by atoms with Gasteiger partial charge in [0.15, 0.2) is 11.9 Å². The molecule has 0 fully saturated rings. The molecule has 0 radical (unpaired) electrons. The molecule has 26 heavy (non-hydrogen) atoms. The lowest BCUT2D eigenvalue weighted by Gasteiger charge is -2.14. The topological polar surface area (TPSA) is 61.5 Å². The summed E-state index contributed by atoms with van der Waals surface area (Å²) >= 11 is 0. The molecule has 146 valence electrons. The van der Waals surface area contributed by atoms with Gasteiger partial charge in [0.2, 0.25) is 0 Å². The zero-order chi connectivity index (χ0) is 18.3. The molecule has 1 unspecified atom stereocenters. The lowest BCUT2D eigenvalue weighted by Crippen LogP contribution is -2.40. The van der Waals surface area contributed by atoms with Crippen LogP contribution in [0.15, 0.2) is 20.0 Å². The number of fused-ring (bicyclic) bond motifs is 1. The normalized spacial score (nSPS) is 19.7. The molecular weight excluding hydrogens is 322 g/mol. The number of hydrogen-bond donors (Lipinski definition) is 1. The Labute approximate surface area is 159 Å². The molecule has 2 heterocycles. The van der Waals surface area contributed by atoms with E-state index in [0.29, 0.717) is 0 Å². The van der Waals surface area contributed by atoms with Crippen molar-refractivity contribution in [2.45, 2.75) is 103 Å². The van der Waals surface area contributed by atoms with E-state index < -0.39 is 0 Å². The van der Waals surface area contributed by atoms with E-state index in [-0.39, 0.29) is 6.04 Å². The highest BCUT2D eigenvalue weighted by Crippen LogP contribution is 2.13. The molecule has 0 spiro atoms. The molecule has 1 atom stereocenters. The summed E-state index contributed by atoms with van der Waals surface area (Å²) in [6, 6.07) is -0.0911. The average molecular weight is 360 g/mol. The summed E-state index contributed by atoms with van der Waals surface area (Å²) in [5.74, 6) is 1.64. The third kappa shape index (κ3) is 8.24. The first-order valence-electron chi connectivity index (χ1n) is 10.8. The van der Waals surface area contributed by atoms with Gasteiger partial charge in [-0.1, -0.05) is 90.4 Å². The molecule has 1 N–H and O–H groups in total. The molecule has 0 aromatic rings. The number of nitrogens with one attached hydrogen (secondary N) is 1. The van der Waals surface area contributed by atoms with Crippen LogP contribution in [-0.2, 0) is 0 Å². The summed E-state index contributed by atoms with van der Waals surface area (Å²) in [5, 5.41) is 3.02. The van der Waals surface area contributed by atoms with E-state index in [1.54, 1.807) is 12.7 Å². The Morgan fingerprint density at radius 2 is 1.42 bits per heavy atom. The number of amidine groups is 2. The molecule has 2 rings (SSSR count). The van der Waals surface area contributed by atoms with Crippen LogP contribution in [0.2, 0.25) is 0 Å². The van der Waals surface area contributed by atoms with E-state index in [9.17, 15) is 0 Å². The summed E-state index contributed by atoms with van der Waals surface area (Å²) in [6.07, 6.45) is 22.6. The maximum Gasteiger partial charge on any atom is 0.168 e. The molecular formula is C21H37N5. The minimum absolute atomic E-state index is 0.0911. The van der Waals surface area contributed by atoms with Crippen LogP contribution in [0.3, 0.4) is 0 Å². The molecule has 0 saturated carbocycles. The number of unbranched alkanes of at least 4 members (excludes halogenated alkanes) is 13. The molecule has 0 aromatic heterocycles. The molecule has 0 saturated heterocycles. The fourth-order valence-corrected chi connectivity index (χ4v) is 3.47. The zero-order valence-electron chi connectivity index (χ0n) is 16.6. The predicted molar refractivity (Wildman–Crippen MR) is 114 cm³/mol. The lowest BCUT2D eigenvalue weighted by atomic mass is 10.0. The molecule has 0 bridgehead atoms. The third-order valence-corrected chi connectivity index (χ3v) is 5.11. The Hall–Kier alpha value is -1.52. The van der Waals surface area contributed by atoms with Crippen molar-refractivity contribution in [3.63, 3.8) is 0 Å². The van der Waals surface area contributed by atoms with Crippen molar-refractivity contribution in [2.75, 3.05) is 6.54 Å². The summed E-state index contributed by atoms with van der Waals surface area (Å²) in [5.41, 5.74) is 0. The minimum atomic E-state index is -0.0911.